The van der Waals surface area contributed by atoms with Gasteiger partial charge in [-0.15, -0.1) is 0 Å². The lowest BCUT2D eigenvalue weighted by molar-refractivity contribution is -0.153. The molecule has 0 aromatic heterocycles. The highest BCUT2D eigenvalue weighted by molar-refractivity contribution is 5.99. The van der Waals surface area contributed by atoms with Crippen molar-refractivity contribution in [1.29, 1.82) is 0 Å². The Balaban J connectivity index is 1.50. The Morgan fingerprint density at radius 2 is 1.97 bits per heavy atom. The van der Waals surface area contributed by atoms with Gasteiger partial charge >= 0.3 is 12.0 Å². The number of nitrogens with one attached hydrogen (secondary N) is 2. The van der Waals surface area contributed by atoms with Gasteiger partial charge in [0.15, 0.2) is 0 Å². The average molecular weight is 416 g/mol. The van der Waals surface area contributed by atoms with Crippen LogP contribution in [0.15, 0.2) is 42.5 Å². The van der Waals surface area contributed by atoms with Crippen molar-refractivity contribution in [3.05, 3.63) is 53.8 Å². The lowest BCUT2D eigenvalue weighted by atomic mass is 9.84. The molecule has 30 heavy (non-hydrogen) atoms. The summed E-state index contributed by atoms with van der Waals surface area (Å²) in [4.78, 5) is 23.3. The second kappa shape index (κ2) is 8.29. The average Bonchev–Trinajstić information content (AvgIpc) is 3.06. The van der Waals surface area contributed by atoms with E-state index in [4.69, 9.17) is 14.6 Å². The van der Waals surface area contributed by atoms with Crippen molar-refractivity contribution in [3.63, 3.8) is 0 Å². The van der Waals surface area contributed by atoms with E-state index in [9.17, 15) is 19.1 Å². The van der Waals surface area contributed by atoms with E-state index in [1.54, 1.807) is 24.3 Å². The Labute approximate surface area is 171 Å². The van der Waals surface area contributed by atoms with E-state index in [-0.39, 0.29) is 24.6 Å². The fraction of sp³-hybridized carbons (Fsp3) is 0.333. The first-order valence-corrected chi connectivity index (χ1v) is 9.56. The van der Waals surface area contributed by atoms with Crippen LogP contribution in [0, 0.1) is 5.82 Å². The van der Waals surface area contributed by atoms with Crippen LogP contribution < -0.4 is 15.4 Å². The summed E-state index contributed by atoms with van der Waals surface area (Å²) in [7, 11) is 0. The zero-order chi connectivity index (χ0) is 21.3. The van der Waals surface area contributed by atoms with Gasteiger partial charge in [-0.1, -0.05) is 12.1 Å². The van der Waals surface area contributed by atoms with E-state index < -0.39 is 36.1 Å². The summed E-state index contributed by atoms with van der Waals surface area (Å²) < 4.78 is 25.3. The predicted octanol–water partition coefficient (Wildman–Crippen LogP) is 2.94. The number of aliphatic hydroxyl groups is 1. The first kappa shape index (κ1) is 20.1. The number of aliphatic hydroxyl groups excluding tert-OH is 1. The topological polar surface area (TPSA) is 117 Å². The number of benzene rings is 2. The summed E-state index contributed by atoms with van der Waals surface area (Å²) in [5.41, 5.74) is 1.35. The van der Waals surface area contributed by atoms with Gasteiger partial charge < -0.3 is 30.3 Å². The fourth-order valence-corrected chi connectivity index (χ4v) is 4.01. The second-order valence-corrected chi connectivity index (χ2v) is 7.31. The Morgan fingerprint density at radius 1 is 1.17 bits per heavy atom. The van der Waals surface area contributed by atoms with Gasteiger partial charge in [0.05, 0.1) is 24.8 Å². The number of aliphatic carboxylic acids is 1. The number of rotatable bonds is 5. The number of carbonyl (C=O) groups is 2. The first-order valence-electron chi connectivity index (χ1n) is 9.56. The molecule has 2 aromatic carbocycles. The van der Waals surface area contributed by atoms with Crippen LogP contribution in [0.2, 0.25) is 0 Å². The Kier molecular flexibility index (Phi) is 5.56. The SMILES string of the molecule is O=C(O)C[C@H]1C[C@@H]2c3cc(NC(=O)Nc4ccccc4F)ccc3O[C@@H]2[C@@H](CO)O1. The monoisotopic (exact) mass is 416 g/mol. The molecule has 8 nitrogen and oxygen atoms in total. The second-order valence-electron chi connectivity index (χ2n) is 7.31. The molecule has 2 aliphatic heterocycles. The molecule has 2 aromatic rings. The van der Waals surface area contributed by atoms with Gasteiger partial charge in [0.25, 0.3) is 0 Å². The third-order valence-corrected chi connectivity index (χ3v) is 5.28. The third kappa shape index (κ3) is 4.07. The Hall–Kier alpha value is -3.17. The normalized spacial score (nSPS) is 24.3. The maximum atomic E-state index is 13.7. The van der Waals surface area contributed by atoms with Gasteiger partial charge in [-0.25, -0.2) is 9.18 Å². The molecule has 4 rings (SSSR count). The zero-order valence-electron chi connectivity index (χ0n) is 15.9. The number of anilines is 2. The van der Waals surface area contributed by atoms with Gasteiger partial charge in [-0.3, -0.25) is 4.79 Å². The fourth-order valence-electron chi connectivity index (χ4n) is 4.01. The van der Waals surface area contributed by atoms with Gasteiger partial charge in [0, 0.05) is 17.2 Å². The lowest BCUT2D eigenvalue weighted by Crippen LogP contribution is -2.46. The molecule has 2 aliphatic rings. The maximum Gasteiger partial charge on any atom is 0.323 e. The molecule has 0 unspecified atom stereocenters. The molecule has 0 saturated carbocycles. The van der Waals surface area contributed by atoms with Crippen molar-refractivity contribution in [2.45, 2.75) is 37.1 Å². The van der Waals surface area contributed by atoms with Gasteiger partial charge in [-0.2, -0.15) is 0 Å². The molecule has 0 radical (unpaired) electrons. The summed E-state index contributed by atoms with van der Waals surface area (Å²) in [6.07, 6.45) is -1.36. The summed E-state index contributed by atoms with van der Waals surface area (Å²) in [5.74, 6) is -1.09. The molecule has 1 saturated heterocycles. The molecule has 158 valence electrons. The summed E-state index contributed by atoms with van der Waals surface area (Å²) in [6.45, 7) is -0.290. The van der Waals surface area contributed by atoms with E-state index in [0.717, 1.165) is 5.56 Å². The number of carboxylic acid groups (broad SMARTS) is 1. The summed E-state index contributed by atoms with van der Waals surface area (Å²) in [6, 6.07) is 10.3. The third-order valence-electron chi connectivity index (χ3n) is 5.28. The van der Waals surface area contributed by atoms with E-state index in [1.807, 2.05) is 0 Å². The highest BCUT2D eigenvalue weighted by Gasteiger charge is 2.46. The molecule has 0 spiro atoms. The number of halogens is 1. The van der Waals surface area contributed by atoms with Gasteiger partial charge in [-0.05, 0) is 36.8 Å². The molecule has 4 atom stereocenters. The van der Waals surface area contributed by atoms with Crippen LogP contribution in [-0.4, -0.2) is 47.1 Å². The molecule has 2 heterocycles. The molecular weight excluding hydrogens is 395 g/mol. The number of carbonyl (C=O) groups excluding carboxylic acids is 1. The van der Waals surface area contributed by atoms with Gasteiger partial charge in [0.1, 0.15) is 23.8 Å². The molecule has 9 heteroatoms. The van der Waals surface area contributed by atoms with Crippen molar-refractivity contribution >= 4 is 23.4 Å². The largest absolute Gasteiger partial charge is 0.487 e. The number of urea groups is 1. The number of fused-ring (bicyclic) bond motifs is 3. The van der Waals surface area contributed by atoms with Crippen molar-refractivity contribution < 1.29 is 33.7 Å². The minimum Gasteiger partial charge on any atom is -0.487 e. The van der Waals surface area contributed by atoms with E-state index in [2.05, 4.69) is 10.6 Å². The van der Waals surface area contributed by atoms with E-state index in [1.165, 1.54) is 18.2 Å². The molecule has 1 fully saturated rings. The highest BCUT2D eigenvalue weighted by Crippen LogP contribution is 2.47. The Bertz CT molecular complexity index is 968. The van der Waals surface area contributed by atoms with Crippen molar-refractivity contribution in [3.8, 4) is 5.75 Å². The minimum atomic E-state index is -0.977. The number of hydrogen-bond acceptors (Lipinski definition) is 5. The summed E-state index contributed by atoms with van der Waals surface area (Å²) >= 11 is 0. The van der Waals surface area contributed by atoms with Crippen LogP contribution in [0.25, 0.3) is 0 Å². The standard InChI is InChI=1S/C21H21FN2O6/c22-15-3-1-2-4-16(15)24-21(28)23-11-5-6-17-13(7-11)14-8-12(9-19(26)27)29-18(10-25)20(14)30-17/h1-7,12,14,18,20,25H,8-10H2,(H,26,27)(H2,23,24,28)/t12-,14-,18-,20+/m1/s1. The highest BCUT2D eigenvalue weighted by atomic mass is 19.1. The summed E-state index contributed by atoms with van der Waals surface area (Å²) in [5, 5.41) is 23.9. The number of ether oxygens (including phenoxy) is 2. The van der Waals surface area contributed by atoms with Crippen LogP contribution in [0.1, 0.15) is 24.3 Å². The Morgan fingerprint density at radius 3 is 2.70 bits per heavy atom. The van der Waals surface area contributed by atoms with Crippen molar-refractivity contribution in [2.75, 3.05) is 17.2 Å². The molecule has 0 bridgehead atoms. The molecule has 4 N–H and O–H groups in total. The van der Waals surface area contributed by atoms with Crippen LogP contribution in [0.3, 0.4) is 0 Å². The quantitative estimate of drug-likeness (QED) is 0.595. The van der Waals surface area contributed by atoms with E-state index >= 15 is 0 Å². The number of carboxylic acids is 1. The first-order chi connectivity index (χ1) is 14.4. The number of para-hydroxylation sites is 1. The van der Waals surface area contributed by atoms with Gasteiger partial charge in [0.2, 0.25) is 0 Å². The number of hydrogen-bond donors (Lipinski definition) is 4. The van der Waals surface area contributed by atoms with Crippen molar-refractivity contribution in [1.82, 2.24) is 0 Å². The van der Waals surface area contributed by atoms with Crippen LogP contribution >= 0.6 is 0 Å². The van der Waals surface area contributed by atoms with Crippen LogP contribution in [0.5, 0.6) is 5.75 Å². The van der Waals surface area contributed by atoms with Crippen molar-refractivity contribution in [2.24, 2.45) is 0 Å². The smallest absolute Gasteiger partial charge is 0.323 e. The van der Waals surface area contributed by atoms with E-state index in [0.29, 0.717) is 17.9 Å². The minimum absolute atomic E-state index is 0.0614. The molecular formula is C21H21FN2O6. The number of amides is 2. The van der Waals surface area contributed by atoms with Crippen LogP contribution in [0.4, 0.5) is 20.6 Å². The molecule has 0 aliphatic carbocycles. The zero-order valence-corrected chi connectivity index (χ0v) is 15.9. The maximum absolute atomic E-state index is 13.7. The predicted molar refractivity (Wildman–Crippen MR) is 105 cm³/mol. The lowest BCUT2D eigenvalue weighted by Gasteiger charge is -2.36. The van der Waals surface area contributed by atoms with Crippen LogP contribution in [-0.2, 0) is 9.53 Å². The molecule has 2 amide bonds.